The van der Waals surface area contributed by atoms with Gasteiger partial charge in [-0.05, 0) is 31.9 Å². The van der Waals surface area contributed by atoms with Crippen LogP contribution in [0.3, 0.4) is 0 Å². The van der Waals surface area contributed by atoms with Gasteiger partial charge in [-0.3, -0.25) is 0 Å². The number of aliphatic hydroxyl groups excluding tert-OH is 1. The molecule has 0 bridgehead atoms. The average Bonchev–Trinajstić information content (AvgIpc) is 2.08. The molecule has 0 aromatic carbocycles. The third kappa shape index (κ3) is 3.42. The molecule has 0 aliphatic rings. The summed E-state index contributed by atoms with van der Waals surface area (Å²) >= 11 is 0. The van der Waals surface area contributed by atoms with E-state index in [4.69, 9.17) is 5.11 Å². The predicted molar refractivity (Wildman–Crippen MR) is 53.8 cm³/mol. The van der Waals surface area contributed by atoms with Gasteiger partial charge in [0.2, 0.25) is 0 Å². The molecular formula is C10H16N2O. The van der Waals surface area contributed by atoms with Crippen LogP contribution in [0.2, 0.25) is 0 Å². The first-order valence-electron chi connectivity index (χ1n) is 4.54. The highest BCUT2D eigenvalue weighted by Crippen LogP contribution is 2.06. The van der Waals surface area contributed by atoms with E-state index < -0.39 is 0 Å². The van der Waals surface area contributed by atoms with Gasteiger partial charge in [-0.25, -0.2) is 4.98 Å². The molecule has 0 atom stereocenters. The summed E-state index contributed by atoms with van der Waals surface area (Å²) < 4.78 is 0. The van der Waals surface area contributed by atoms with Crippen molar-refractivity contribution >= 4 is 5.82 Å². The maximum absolute atomic E-state index is 8.69. The molecule has 0 radical (unpaired) electrons. The zero-order valence-corrected chi connectivity index (χ0v) is 8.12. The minimum Gasteiger partial charge on any atom is -0.396 e. The van der Waals surface area contributed by atoms with Crippen LogP contribution in [0.15, 0.2) is 18.3 Å². The fourth-order valence-corrected chi connectivity index (χ4v) is 1.08. The van der Waals surface area contributed by atoms with E-state index in [0.29, 0.717) is 12.5 Å². The zero-order valence-electron chi connectivity index (χ0n) is 8.12. The van der Waals surface area contributed by atoms with Crippen molar-refractivity contribution in [1.29, 1.82) is 0 Å². The Kier molecular flexibility index (Phi) is 3.71. The molecule has 1 aromatic heterocycles. The van der Waals surface area contributed by atoms with E-state index >= 15 is 0 Å². The molecule has 3 nitrogen and oxygen atoms in total. The largest absolute Gasteiger partial charge is 0.396 e. The summed E-state index contributed by atoms with van der Waals surface area (Å²) in [7, 11) is 0. The van der Waals surface area contributed by atoms with E-state index in [9.17, 15) is 0 Å². The van der Waals surface area contributed by atoms with Gasteiger partial charge in [0.15, 0.2) is 0 Å². The van der Waals surface area contributed by atoms with Crippen LogP contribution in [0, 0.1) is 0 Å². The molecule has 1 heterocycles. The van der Waals surface area contributed by atoms with Crippen molar-refractivity contribution in [2.75, 3.05) is 11.9 Å². The number of anilines is 1. The van der Waals surface area contributed by atoms with E-state index in [1.165, 1.54) is 0 Å². The fourth-order valence-electron chi connectivity index (χ4n) is 1.08. The zero-order chi connectivity index (χ0) is 9.68. The second-order valence-corrected chi connectivity index (χ2v) is 3.32. The summed E-state index contributed by atoms with van der Waals surface area (Å²) in [6, 6.07) is 4.31. The van der Waals surface area contributed by atoms with Gasteiger partial charge in [0.05, 0.1) is 0 Å². The Morgan fingerprint density at radius 3 is 2.69 bits per heavy atom. The van der Waals surface area contributed by atoms with E-state index in [0.717, 1.165) is 11.4 Å². The van der Waals surface area contributed by atoms with E-state index in [2.05, 4.69) is 24.1 Å². The average molecular weight is 180 g/mol. The number of aliphatic hydroxyl groups is 1. The number of nitrogens with zero attached hydrogens (tertiary/aromatic N) is 1. The first-order valence-corrected chi connectivity index (χ1v) is 4.54. The van der Waals surface area contributed by atoms with Crippen molar-refractivity contribution in [1.82, 2.24) is 4.98 Å². The quantitative estimate of drug-likeness (QED) is 0.737. The maximum atomic E-state index is 8.69. The third-order valence-electron chi connectivity index (χ3n) is 1.66. The topological polar surface area (TPSA) is 45.1 Å². The number of pyridine rings is 1. The smallest absolute Gasteiger partial charge is 0.126 e. The summed E-state index contributed by atoms with van der Waals surface area (Å²) in [6.07, 6.45) is 2.47. The Bertz CT molecular complexity index is 244. The van der Waals surface area contributed by atoms with Gasteiger partial charge in [0.25, 0.3) is 0 Å². The molecule has 0 unspecified atom stereocenters. The number of hydrogen-bond acceptors (Lipinski definition) is 3. The lowest BCUT2D eigenvalue weighted by atomic mass is 10.2. The summed E-state index contributed by atoms with van der Waals surface area (Å²) in [5, 5.41) is 11.9. The van der Waals surface area contributed by atoms with E-state index in [1.54, 1.807) is 6.20 Å². The molecule has 13 heavy (non-hydrogen) atoms. The Labute approximate surface area is 78.8 Å². The molecule has 0 spiro atoms. The lowest BCUT2D eigenvalue weighted by Gasteiger charge is -2.08. The van der Waals surface area contributed by atoms with Gasteiger partial charge in [-0.15, -0.1) is 0 Å². The monoisotopic (exact) mass is 180 g/mol. The highest BCUT2D eigenvalue weighted by Gasteiger charge is 1.96. The third-order valence-corrected chi connectivity index (χ3v) is 1.66. The summed E-state index contributed by atoms with van der Waals surface area (Å²) in [4.78, 5) is 4.22. The minimum absolute atomic E-state index is 0.179. The standard InChI is InChI=1S/C10H16N2O/c1-8(2)12-10-4-3-9(5-6-13)7-11-10/h3-4,7-8,13H,5-6H2,1-2H3,(H,11,12). The molecule has 72 valence electrons. The van der Waals surface area contributed by atoms with Crippen LogP contribution in [0.5, 0.6) is 0 Å². The molecule has 0 amide bonds. The molecule has 0 saturated carbocycles. The molecule has 2 N–H and O–H groups in total. The maximum Gasteiger partial charge on any atom is 0.126 e. The lowest BCUT2D eigenvalue weighted by Crippen LogP contribution is -2.10. The van der Waals surface area contributed by atoms with Crippen LogP contribution in [0.4, 0.5) is 5.82 Å². The highest BCUT2D eigenvalue weighted by molar-refractivity contribution is 5.36. The number of aromatic nitrogens is 1. The van der Waals surface area contributed by atoms with Crippen molar-refractivity contribution in [3.05, 3.63) is 23.9 Å². The highest BCUT2D eigenvalue weighted by atomic mass is 16.2. The second kappa shape index (κ2) is 4.82. The van der Waals surface area contributed by atoms with Crippen LogP contribution < -0.4 is 5.32 Å². The molecule has 0 aliphatic carbocycles. The van der Waals surface area contributed by atoms with Crippen LogP contribution in [-0.2, 0) is 6.42 Å². The Balaban J connectivity index is 2.59. The van der Waals surface area contributed by atoms with Crippen LogP contribution >= 0.6 is 0 Å². The number of nitrogens with one attached hydrogen (secondary N) is 1. The molecule has 0 aliphatic heterocycles. The van der Waals surface area contributed by atoms with E-state index in [1.807, 2.05) is 12.1 Å². The van der Waals surface area contributed by atoms with Gasteiger partial charge in [-0.2, -0.15) is 0 Å². The summed E-state index contributed by atoms with van der Waals surface area (Å²) in [5.74, 6) is 0.886. The summed E-state index contributed by atoms with van der Waals surface area (Å²) in [5.41, 5.74) is 1.07. The molecule has 1 aromatic rings. The first kappa shape index (κ1) is 9.99. The second-order valence-electron chi connectivity index (χ2n) is 3.32. The van der Waals surface area contributed by atoms with Gasteiger partial charge >= 0.3 is 0 Å². The van der Waals surface area contributed by atoms with Crippen LogP contribution in [-0.4, -0.2) is 22.7 Å². The van der Waals surface area contributed by atoms with Crippen molar-refractivity contribution < 1.29 is 5.11 Å². The van der Waals surface area contributed by atoms with Crippen LogP contribution in [0.1, 0.15) is 19.4 Å². The predicted octanol–water partition coefficient (Wildman–Crippen LogP) is 1.44. The van der Waals surface area contributed by atoms with Gasteiger partial charge in [-0.1, -0.05) is 6.07 Å². The molecular weight excluding hydrogens is 164 g/mol. The van der Waals surface area contributed by atoms with Gasteiger partial charge in [0.1, 0.15) is 5.82 Å². The minimum atomic E-state index is 0.179. The summed E-state index contributed by atoms with van der Waals surface area (Å²) in [6.45, 7) is 4.32. The first-order chi connectivity index (χ1) is 6.22. The molecule has 0 fully saturated rings. The molecule has 0 saturated heterocycles. The van der Waals surface area contributed by atoms with Crippen molar-refractivity contribution in [2.24, 2.45) is 0 Å². The fraction of sp³-hybridized carbons (Fsp3) is 0.500. The van der Waals surface area contributed by atoms with Crippen molar-refractivity contribution in [3.63, 3.8) is 0 Å². The normalized spacial score (nSPS) is 10.5. The van der Waals surface area contributed by atoms with E-state index in [-0.39, 0.29) is 6.61 Å². The Morgan fingerprint density at radius 2 is 2.23 bits per heavy atom. The Hall–Kier alpha value is -1.09. The van der Waals surface area contributed by atoms with Gasteiger partial charge < -0.3 is 10.4 Å². The Morgan fingerprint density at radius 1 is 1.46 bits per heavy atom. The number of hydrogen-bond donors (Lipinski definition) is 2. The van der Waals surface area contributed by atoms with Crippen LogP contribution in [0.25, 0.3) is 0 Å². The molecule has 3 heteroatoms. The number of rotatable bonds is 4. The lowest BCUT2D eigenvalue weighted by molar-refractivity contribution is 0.299. The van der Waals surface area contributed by atoms with Gasteiger partial charge in [0, 0.05) is 18.8 Å². The SMILES string of the molecule is CC(C)Nc1ccc(CCO)cn1. The van der Waals surface area contributed by atoms with Crippen molar-refractivity contribution in [2.45, 2.75) is 26.3 Å². The molecule has 1 rings (SSSR count). The van der Waals surface area contributed by atoms with Crippen molar-refractivity contribution in [3.8, 4) is 0 Å².